The standard InChI is InChI=1S/C13H28N2O2/c1-12(2)15(7-9-16-3)6-5-14-10-13-4-8-17-11-13/h12-14H,4-11H2,1-3H3. The quantitative estimate of drug-likeness (QED) is 0.613. The maximum absolute atomic E-state index is 5.36. The van der Waals surface area contributed by atoms with Gasteiger partial charge in [-0.15, -0.1) is 0 Å². The van der Waals surface area contributed by atoms with Gasteiger partial charge < -0.3 is 14.8 Å². The van der Waals surface area contributed by atoms with Gasteiger partial charge in [-0.1, -0.05) is 0 Å². The molecule has 0 aromatic heterocycles. The van der Waals surface area contributed by atoms with Gasteiger partial charge in [0.15, 0.2) is 0 Å². The fourth-order valence-corrected chi connectivity index (χ4v) is 2.11. The van der Waals surface area contributed by atoms with Crippen molar-refractivity contribution >= 4 is 0 Å². The van der Waals surface area contributed by atoms with Gasteiger partial charge in [0.2, 0.25) is 0 Å². The molecule has 1 aliphatic rings. The fourth-order valence-electron chi connectivity index (χ4n) is 2.11. The minimum absolute atomic E-state index is 0.585. The van der Waals surface area contributed by atoms with Crippen LogP contribution in [-0.2, 0) is 9.47 Å². The maximum Gasteiger partial charge on any atom is 0.0589 e. The van der Waals surface area contributed by atoms with Crippen LogP contribution in [0.5, 0.6) is 0 Å². The van der Waals surface area contributed by atoms with Crippen LogP contribution in [0.1, 0.15) is 20.3 Å². The Kier molecular flexibility index (Phi) is 7.77. The molecule has 1 heterocycles. The van der Waals surface area contributed by atoms with Gasteiger partial charge in [0.05, 0.1) is 13.2 Å². The van der Waals surface area contributed by atoms with Crippen molar-refractivity contribution in [1.82, 2.24) is 10.2 Å². The summed E-state index contributed by atoms with van der Waals surface area (Å²) in [4.78, 5) is 2.45. The van der Waals surface area contributed by atoms with Crippen LogP contribution in [0, 0.1) is 5.92 Å². The number of hydrogen-bond donors (Lipinski definition) is 1. The summed E-state index contributed by atoms with van der Waals surface area (Å²) in [5, 5.41) is 3.53. The van der Waals surface area contributed by atoms with Gasteiger partial charge in [-0.25, -0.2) is 0 Å². The van der Waals surface area contributed by atoms with E-state index in [0.29, 0.717) is 6.04 Å². The minimum atomic E-state index is 0.585. The number of nitrogens with zero attached hydrogens (tertiary/aromatic N) is 1. The summed E-state index contributed by atoms with van der Waals surface area (Å²) in [6, 6.07) is 0.585. The molecule has 0 radical (unpaired) electrons. The van der Waals surface area contributed by atoms with Crippen LogP contribution in [0.3, 0.4) is 0 Å². The van der Waals surface area contributed by atoms with Gasteiger partial charge in [-0.3, -0.25) is 4.90 Å². The molecular formula is C13H28N2O2. The predicted octanol–water partition coefficient (Wildman–Crippen LogP) is 0.969. The number of rotatable bonds is 9. The zero-order chi connectivity index (χ0) is 12.5. The molecule has 1 N–H and O–H groups in total. The Labute approximate surface area is 106 Å². The van der Waals surface area contributed by atoms with Crippen molar-refractivity contribution in [2.45, 2.75) is 26.3 Å². The number of ether oxygens (including phenoxy) is 2. The SMILES string of the molecule is COCCN(CCNCC1CCOC1)C(C)C. The molecule has 0 spiro atoms. The highest BCUT2D eigenvalue weighted by Crippen LogP contribution is 2.10. The van der Waals surface area contributed by atoms with Crippen LogP contribution >= 0.6 is 0 Å². The maximum atomic E-state index is 5.36. The van der Waals surface area contributed by atoms with Gasteiger partial charge >= 0.3 is 0 Å². The Morgan fingerprint density at radius 3 is 2.82 bits per heavy atom. The number of methoxy groups -OCH3 is 1. The molecule has 0 aromatic rings. The predicted molar refractivity (Wildman–Crippen MR) is 70.4 cm³/mol. The lowest BCUT2D eigenvalue weighted by molar-refractivity contribution is 0.129. The lowest BCUT2D eigenvalue weighted by Crippen LogP contribution is -2.39. The van der Waals surface area contributed by atoms with E-state index in [9.17, 15) is 0 Å². The third-order valence-corrected chi connectivity index (χ3v) is 3.35. The number of nitrogens with one attached hydrogen (secondary N) is 1. The first-order valence-corrected chi connectivity index (χ1v) is 6.75. The normalized spacial score (nSPS) is 20.6. The van der Waals surface area contributed by atoms with Crippen molar-refractivity contribution in [2.24, 2.45) is 5.92 Å². The molecule has 1 fully saturated rings. The first kappa shape index (κ1) is 14.9. The molecule has 1 atom stereocenters. The Morgan fingerprint density at radius 1 is 1.41 bits per heavy atom. The summed E-state index contributed by atoms with van der Waals surface area (Å²) in [6.45, 7) is 11.4. The summed E-state index contributed by atoms with van der Waals surface area (Å²) in [7, 11) is 1.76. The Balaban J connectivity index is 2.04. The summed E-state index contributed by atoms with van der Waals surface area (Å²) in [6.07, 6.45) is 1.21. The highest BCUT2D eigenvalue weighted by Gasteiger charge is 2.15. The first-order valence-electron chi connectivity index (χ1n) is 6.75. The highest BCUT2D eigenvalue weighted by atomic mass is 16.5. The monoisotopic (exact) mass is 244 g/mol. The van der Waals surface area contributed by atoms with Crippen LogP contribution in [0.15, 0.2) is 0 Å². The largest absolute Gasteiger partial charge is 0.383 e. The van der Waals surface area contributed by atoms with Crippen molar-refractivity contribution < 1.29 is 9.47 Å². The van der Waals surface area contributed by atoms with Crippen LogP contribution in [-0.4, -0.2) is 64.1 Å². The third kappa shape index (κ3) is 6.36. The van der Waals surface area contributed by atoms with Gasteiger partial charge in [-0.2, -0.15) is 0 Å². The highest BCUT2D eigenvalue weighted by molar-refractivity contribution is 4.69. The smallest absolute Gasteiger partial charge is 0.0589 e. The van der Waals surface area contributed by atoms with Crippen molar-refractivity contribution in [3.63, 3.8) is 0 Å². The van der Waals surface area contributed by atoms with Gasteiger partial charge in [0.25, 0.3) is 0 Å². The van der Waals surface area contributed by atoms with Crippen LogP contribution in [0.4, 0.5) is 0 Å². The van der Waals surface area contributed by atoms with Crippen LogP contribution < -0.4 is 5.32 Å². The Hall–Kier alpha value is -0.160. The van der Waals surface area contributed by atoms with Crippen molar-refractivity contribution in [3.05, 3.63) is 0 Å². The van der Waals surface area contributed by atoms with Crippen molar-refractivity contribution in [3.8, 4) is 0 Å². The fraction of sp³-hybridized carbons (Fsp3) is 1.00. The second kappa shape index (κ2) is 8.86. The Bertz CT molecular complexity index is 182. The Morgan fingerprint density at radius 2 is 2.24 bits per heavy atom. The summed E-state index contributed by atoms with van der Waals surface area (Å²) < 4.78 is 10.5. The van der Waals surface area contributed by atoms with Crippen LogP contribution in [0.2, 0.25) is 0 Å². The van der Waals surface area contributed by atoms with E-state index in [1.54, 1.807) is 7.11 Å². The summed E-state index contributed by atoms with van der Waals surface area (Å²) >= 11 is 0. The average molecular weight is 244 g/mol. The third-order valence-electron chi connectivity index (χ3n) is 3.35. The molecule has 0 amide bonds. The molecular weight excluding hydrogens is 216 g/mol. The van der Waals surface area contributed by atoms with Crippen LogP contribution in [0.25, 0.3) is 0 Å². The van der Waals surface area contributed by atoms with Gasteiger partial charge in [0, 0.05) is 45.9 Å². The zero-order valence-electron chi connectivity index (χ0n) is 11.6. The van der Waals surface area contributed by atoms with E-state index in [0.717, 1.165) is 51.9 Å². The van der Waals surface area contributed by atoms with Gasteiger partial charge in [0.1, 0.15) is 0 Å². The molecule has 0 bridgehead atoms. The summed E-state index contributed by atoms with van der Waals surface area (Å²) in [5.41, 5.74) is 0. The minimum Gasteiger partial charge on any atom is -0.383 e. The first-order chi connectivity index (χ1) is 8.24. The van der Waals surface area contributed by atoms with E-state index in [1.807, 2.05) is 0 Å². The van der Waals surface area contributed by atoms with Crippen molar-refractivity contribution in [1.29, 1.82) is 0 Å². The molecule has 102 valence electrons. The van der Waals surface area contributed by atoms with Crippen molar-refractivity contribution in [2.75, 3.05) is 53.1 Å². The summed E-state index contributed by atoms with van der Waals surface area (Å²) in [5.74, 6) is 0.724. The van der Waals surface area contributed by atoms with Gasteiger partial charge in [-0.05, 0) is 26.2 Å². The molecule has 1 saturated heterocycles. The zero-order valence-corrected chi connectivity index (χ0v) is 11.6. The molecule has 0 saturated carbocycles. The molecule has 4 heteroatoms. The van der Waals surface area contributed by atoms with E-state index in [4.69, 9.17) is 9.47 Å². The molecule has 17 heavy (non-hydrogen) atoms. The molecule has 0 aliphatic carbocycles. The van der Waals surface area contributed by atoms with E-state index in [1.165, 1.54) is 6.42 Å². The molecule has 0 aromatic carbocycles. The topological polar surface area (TPSA) is 33.7 Å². The molecule has 1 unspecified atom stereocenters. The second-order valence-electron chi connectivity index (χ2n) is 5.06. The lowest BCUT2D eigenvalue weighted by Gasteiger charge is -2.26. The lowest BCUT2D eigenvalue weighted by atomic mass is 10.1. The average Bonchev–Trinajstić information content (AvgIpc) is 2.80. The van der Waals surface area contributed by atoms with E-state index < -0.39 is 0 Å². The second-order valence-corrected chi connectivity index (χ2v) is 5.06. The van der Waals surface area contributed by atoms with E-state index in [2.05, 4.69) is 24.1 Å². The van der Waals surface area contributed by atoms with E-state index >= 15 is 0 Å². The molecule has 1 rings (SSSR count). The molecule has 4 nitrogen and oxygen atoms in total. The van der Waals surface area contributed by atoms with E-state index in [-0.39, 0.29) is 0 Å². The molecule has 1 aliphatic heterocycles. The number of hydrogen-bond acceptors (Lipinski definition) is 4.